The lowest BCUT2D eigenvalue weighted by molar-refractivity contribution is 0.474. The molecular weight excluding hydrogens is 350 g/mol. The predicted octanol–water partition coefficient (Wildman–Crippen LogP) is 3.15. The summed E-state index contributed by atoms with van der Waals surface area (Å²) in [6, 6.07) is 15.1. The van der Waals surface area contributed by atoms with Gasteiger partial charge in [-0.15, -0.1) is 0 Å². The normalized spacial score (nSPS) is 10.5. The second kappa shape index (κ2) is 7.75. The topological polar surface area (TPSA) is 56.7 Å². The highest BCUT2D eigenvalue weighted by Gasteiger charge is 1.99. The molecule has 0 saturated heterocycles. The number of phenolic OH excluding ortho intramolecular Hbond substituents is 1. The highest BCUT2D eigenvalue weighted by molar-refractivity contribution is 9.10. The van der Waals surface area contributed by atoms with Crippen LogP contribution < -0.4 is 10.7 Å². The molecule has 0 unspecified atom stereocenters. The van der Waals surface area contributed by atoms with Crippen LogP contribution in [0.25, 0.3) is 0 Å². The fourth-order valence-electron chi connectivity index (χ4n) is 1.61. The molecule has 0 saturated carbocycles. The van der Waals surface area contributed by atoms with E-state index in [1.165, 1.54) is 6.21 Å². The van der Waals surface area contributed by atoms with Crippen LogP contribution in [0.2, 0.25) is 0 Å². The van der Waals surface area contributed by atoms with Gasteiger partial charge in [0.25, 0.3) is 0 Å². The summed E-state index contributed by atoms with van der Waals surface area (Å²) < 4.78 is 0.867. The summed E-state index contributed by atoms with van der Waals surface area (Å²) in [4.78, 5) is 0. The van der Waals surface area contributed by atoms with Gasteiger partial charge in [-0.1, -0.05) is 46.3 Å². The van der Waals surface area contributed by atoms with E-state index in [1.54, 1.807) is 18.2 Å². The Morgan fingerprint density at radius 2 is 2.00 bits per heavy atom. The largest absolute Gasteiger partial charge is 0.507 e. The lowest BCUT2D eigenvalue weighted by Gasteiger charge is -2.06. The maximum Gasteiger partial charge on any atom is 0.187 e. The van der Waals surface area contributed by atoms with Crippen LogP contribution in [0.15, 0.2) is 58.1 Å². The number of hydrogen-bond acceptors (Lipinski definition) is 3. The molecule has 0 fully saturated rings. The molecular formula is C15H14BrN3OS. The van der Waals surface area contributed by atoms with Crippen LogP contribution >= 0.6 is 28.1 Å². The van der Waals surface area contributed by atoms with Crippen LogP contribution in [0.5, 0.6) is 5.75 Å². The number of nitrogens with one attached hydrogen (secondary N) is 2. The number of aromatic hydroxyl groups is 1. The number of nitrogens with zero attached hydrogens (tertiary/aromatic N) is 1. The number of rotatable bonds is 4. The first-order valence-electron chi connectivity index (χ1n) is 6.24. The van der Waals surface area contributed by atoms with Crippen LogP contribution in [0.4, 0.5) is 0 Å². The maximum atomic E-state index is 9.66. The Hall–Kier alpha value is -1.92. The van der Waals surface area contributed by atoms with Crippen molar-refractivity contribution in [3.05, 3.63) is 64.1 Å². The van der Waals surface area contributed by atoms with Crippen LogP contribution in [0, 0.1) is 0 Å². The number of benzene rings is 2. The first kappa shape index (κ1) is 15.5. The molecule has 0 aliphatic rings. The Kier molecular flexibility index (Phi) is 5.71. The van der Waals surface area contributed by atoms with Gasteiger partial charge in [0.2, 0.25) is 0 Å². The summed E-state index contributed by atoms with van der Waals surface area (Å²) in [5, 5.41) is 17.1. The monoisotopic (exact) mass is 363 g/mol. The van der Waals surface area contributed by atoms with Gasteiger partial charge in [-0.2, -0.15) is 5.10 Å². The zero-order valence-corrected chi connectivity index (χ0v) is 13.5. The first-order chi connectivity index (χ1) is 10.1. The third kappa shape index (κ3) is 5.17. The molecule has 6 heteroatoms. The van der Waals surface area contributed by atoms with E-state index in [2.05, 4.69) is 31.8 Å². The smallest absolute Gasteiger partial charge is 0.187 e. The van der Waals surface area contributed by atoms with E-state index in [-0.39, 0.29) is 5.75 Å². The third-order valence-corrected chi connectivity index (χ3v) is 3.38. The molecule has 21 heavy (non-hydrogen) atoms. The van der Waals surface area contributed by atoms with Gasteiger partial charge in [0.1, 0.15) is 5.75 Å². The van der Waals surface area contributed by atoms with Gasteiger partial charge in [0.05, 0.1) is 6.21 Å². The Morgan fingerprint density at radius 3 is 2.76 bits per heavy atom. The van der Waals surface area contributed by atoms with E-state index in [1.807, 2.05) is 30.3 Å². The molecule has 0 radical (unpaired) electrons. The lowest BCUT2D eigenvalue weighted by atomic mass is 10.2. The highest BCUT2D eigenvalue weighted by atomic mass is 79.9. The molecule has 4 nitrogen and oxygen atoms in total. The van der Waals surface area contributed by atoms with Crippen LogP contribution in [-0.4, -0.2) is 16.4 Å². The standard InChI is InChI=1S/C15H14BrN3OS/c16-13-6-7-14(20)12(8-13)10-18-19-15(21)17-9-11-4-2-1-3-5-11/h1-8,10,20H,9H2,(H2,17,19,21)/b18-10+. The molecule has 2 aromatic carbocycles. The maximum absolute atomic E-state index is 9.66. The van der Waals surface area contributed by atoms with E-state index >= 15 is 0 Å². The van der Waals surface area contributed by atoms with Crippen molar-refractivity contribution in [3.8, 4) is 5.75 Å². The summed E-state index contributed by atoms with van der Waals surface area (Å²) in [6.45, 7) is 0.629. The summed E-state index contributed by atoms with van der Waals surface area (Å²) in [7, 11) is 0. The fraction of sp³-hybridized carbons (Fsp3) is 0.0667. The molecule has 0 atom stereocenters. The summed E-state index contributed by atoms with van der Waals surface area (Å²) in [5.74, 6) is 0.159. The average Bonchev–Trinajstić information content (AvgIpc) is 2.50. The molecule has 2 aromatic rings. The molecule has 0 aliphatic carbocycles. The molecule has 2 rings (SSSR count). The predicted molar refractivity (Wildman–Crippen MR) is 92.4 cm³/mol. The zero-order valence-electron chi connectivity index (χ0n) is 11.1. The van der Waals surface area contributed by atoms with Gasteiger partial charge in [0.15, 0.2) is 5.11 Å². The summed E-state index contributed by atoms with van der Waals surface area (Å²) >= 11 is 8.46. The minimum Gasteiger partial charge on any atom is -0.507 e. The van der Waals surface area contributed by atoms with E-state index in [0.29, 0.717) is 17.2 Å². The lowest BCUT2D eigenvalue weighted by Crippen LogP contribution is -2.31. The van der Waals surface area contributed by atoms with Crippen molar-refractivity contribution in [3.63, 3.8) is 0 Å². The van der Waals surface area contributed by atoms with Crippen molar-refractivity contribution in [2.24, 2.45) is 5.10 Å². The van der Waals surface area contributed by atoms with E-state index in [9.17, 15) is 5.11 Å². The number of halogens is 1. The van der Waals surface area contributed by atoms with Crippen molar-refractivity contribution in [2.45, 2.75) is 6.54 Å². The number of hydrazone groups is 1. The molecule has 0 spiro atoms. The quantitative estimate of drug-likeness (QED) is 0.443. The van der Waals surface area contributed by atoms with E-state index < -0.39 is 0 Å². The Morgan fingerprint density at radius 1 is 1.24 bits per heavy atom. The van der Waals surface area contributed by atoms with Gasteiger partial charge >= 0.3 is 0 Å². The van der Waals surface area contributed by atoms with E-state index in [4.69, 9.17) is 12.2 Å². The van der Waals surface area contributed by atoms with Gasteiger partial charge in [0, 0.05) is 16.6 Å². The average molecular weight is 364 g/mol. The fourth-order valence-corrected chi connectivity index (χ4v) is 2.11. The summed E-state index contributed by atoms with van der Waals surface area (Å²) in [6.07, 6.45) is 1.51. The Balaban J connectivity index is 1.83. The van der Waals surface area contributed by atoms with Crippen molar-refractivity contribution < 1.29 is 5.11 Å². The van der Waals surface area contributed by atoms with Gasteiger partial charge in [-0.25, -0.2) is 0 Å². The number of thiocarbonyl (C=S) groups is 1. The van der Waals surface area contributed by atoms with Crippen molar-refractivity contribution in [1.82, 2.24) is 10.7 Å². The van der Waals surface area contributed by atoms with E-state index in [0.717, 1.165) is 10.0 Å². The molecule has 0 aromatic heterocycles. The van der Waals surface area contributed by atoms with Crippen LogP contribution in [0.1, 0.15) is 11.1 Å². The highest BCUT2D eigenvalue weighted by Crippen LogP contribution is 2.19. The Bertz CT molecular complexity index is 647. The number of hydrogen-bond donors (Lipinski definition) is 3. The molecule has 0 heterocycles. The summed E-state index contributed by atoms with van der Waals surface area (Å²) in [5.41, 5.74) is 4.45. The van der Waals surface area contributed by atoms with Gasteiger partial charge in [-0.3, -0.25) is 5.43 Å². The Labute approximate surface area is 137 Å². The third-order valence-electron chi connectivity index (χ3n) is 2.66. The SMILES string of the molecule is Oc1ccc(Br)cc1/C=N/NC(=S)NCc1ccccc1. The zero-order chi connectivity index (χ0) is 15.1. The van der Waals surface area contributed by atoms with Gasteiger partial charge in [-0.05, 0) is 36.0 Å². The first-order valence-corrected chi connectivity index (χ1v) is 7.44. The molecule has 108 valence electrons. The molecule has 0 amide bonds. The van der Waals surface area contributed by atoms with Crippen LogP contribution in [-0.2, 0) is 6.54 Å². The molecule has 3 N–H and O–H groups in total. The van der Waals surface area contributed by atoms with Crippen molar-refractivity contribution >= 4 is 39.5 Å². The minimum absolute atomic E-state index is 0.159. The number of phenols is 1. The van der Waals surface area contributed by atoms with Crippen LogP contribution in [0.3, 0.4) is 0 Å². The van der Waals surface area contributed by atoms with Crippen molar-refractivity contribution in [2.75, 3.05) is 0 Å². The minimum atomic E-state index is 0.159. The molecule has 0 bridgehead atoms. The molecule has 0 aliphatic heterocycles. The second-order valence-corrected chi connectivity index (χ2v) is 5.57. The second-order valence-electron chi connectivity index (χ2n) is 4.24. The van der Waals surface area contributed by atoms with Crippen molar-refractivity contribution in [1.29, 1.82) is 0 Å². The van der Waals surface area contributed by atoms with Gasteiger partial charge < -0.3 is 10.4 Å².